The van der Waals surface area contributed by atoms with Crippen molar-refractivity contribution in [1.82, 2.24) is 4.72 Å². The summed E-state index contributed by atoms with van der Waals surface area (Å²) in [5.41, 5.74) is 2.54. The molecule has 2 rings (SSSR count). The summed E-state index contributed by atoms with van der Waals surface area (Å²) in [5.74, 6) is -1.05. The summed E-state index contributed by atoms with van der Waals surface area (Å²) in [6, 6.07) is 13.8. The Morgan fingerprint density at radius 3 is 2.50 bits per heavy atom. The van der Waals surface area contributed by atoms with Crippen LogP contribution in [0.1, 0.15) is 41.8 Å². The van der Waals surface area contributed by atoms with E-state index in [-0.39, 0.29) is 17.4 Å². The van der Waals surface area contributed by atoms with E-state index in [4.69, 9.17) is 5.11 Å². The Morgan fingerprint density at radius 2 is 1.81 bits per heavy atom. The zero-order valence-corrected chi connectivity index (χ0v) is 15.7. The first-order chi connectivity index (χ1) is 12.3. The number of hydrogen-bond acceptors (Lipinski definition) is 4. The van der Waals surface area contributed by atoms with Crippen molar-refractivity contribution in [2.75, 3.05) is 5.32 Å². The molecular weight excluding hydrogens is 352 g/mol. The molecule has 0 radical (unpaired) electrons. The van der Waals surface area contributed by atoms with Crippen molar-refractivity contribution in [2.45, 2.75) is 38.6 Å². The summed E-state index contributed by atoms with van der Waals surface area (Å²) in [7, 11) is -3.39. The monoisotopic (exact) mass is 376 g/mol. The van der Waals surface area contributed by atoms with Gasteiger partial charge in [0.05, 0.1) is 11.3 Å². The van der Waals surface area contributed by atoms with E-state index in [1.165, 1.54) is 0 Å². The van der Waals surface area contributed by atoms with Crippen LogP contribution in [0.4, 0.5) is 5.69 Å². The molecule has 0 spiro atoms. The fourth-order valence-electron chi connectivity index (χ4n) is 2.44. The van der Waals surface area contributed by atoms with Gasteiger partial charge >= 0.3 is 5.97 Å². The first-order valence-electron chi connectivity index (χ1n) is 8.44. The van der Waals surface area contributed by atoms with Crippen molar-refractivity contribution in [1.29, 1.82) is 0 Å². The molecule has 0 fully saturated rings. The molecule has 0 heterocycles. The van der Waals surface area contributed by atoms with Gasteiger partial charge in [0.2, 0.25) is 10.0 Å². The van der Waals surface area contributed by atoms with Crippen molar-refractivity contribution in [3.63, 3.8) is 0 Å². The highest BCUT2D eigenvalue weighted by Crippen LogP contribution is 2.15. The summed E-state index contributed by atoms with van der Waals surface area (Å²) in [5, 5.41) is 12.2. The quantitative estimate of drug-likeness (QED) is 0.624. The number of anilines is 1. The van der Waals surface area contributed by atoms with Gasteiger partial charge in [0.25, 0.3) is 0 Å². The number of nitrogens with one attached hydrogen (secondary N) is 2. The van der Waals surface area contributed by atoms with Crippen LogP contribution in [0, 0.1) is 0 Å². The van der Waals surface area contributed by atoms with E-state index >= 15 is 0 Å². The number of rotatable bonds is 9. The molecule has 0 saturated heterocycles. The van der Waals surface area contributed by atoms with Crippen molar-refractivity contribution >= 4 is 21.7 Å². The van der Waals surface area contributed by atoms with Gasteiger partial charge in [0.1, 0.15) is 0 Å². The molecule has 0 aromatic heterocycles. The third-order valence-electron chi connectivity index (χ3n) is 3.95. The average Bonchev–Trinajstić information content (AvgIpc) is 2.59. The number of hydrogen-bond donors (Lipinski definition) is 3. The van der Waals surface area contributed by atoms with E-state index in [2.05, 4.69) is 10.0 Å². The zero-order chi connectivity index (χ0) is 19.2. The maximum absolute atomic E-state index is 12.2. The Morgan fingerprint density at radius 1 is 1.12 bits per heavy atom. The first kappa shape index (κ1) is 19.9. The molecule has 0 amide bonds. The minimum absolute atomic E-state index is 0.0820. The highest BCUT2D eigenvalue weighted by atomic mass is 32.2. The maximum atomic E-state index is 12.2. The summed E-state index contributed by atoms with van der Waals surface area (Å²) in [6.07, 6.45) is 0.732. The molecule has 6 nitrogen and oxygen atoms in total. The third-order valence-corrected chi connectivity index (χ3v) is 5.42. The highest BCUT2D eigenvalue weighted by molar-refractivity contribution is 7.88. The molecule has 2 aromatic rings. The third kappa shape index (κ3) is 6.16. The van der Waals surface area contributed by atoms with Gasteiger partial charge in [-0.15, -0.1) is 0 Å². The van der Waals surface area contributed by atoms with Gasteiger partial charge in [-0.25, -0.2) is 17.9 Å². The van der Waals surface area contributed by atoms with Crippen molar-refractivity contribution in [3.8, 4) is 0 Å². The van der Waals surface area contributed by atoms with Crippen molar-refractivity contribution < 1.29 is 18.3 Å². The lowest BCUT2D eigenvalue weighted by molar-refractivity contribution is 0.0696. The fourth-order valence-corrected chi connectivity index (χ4v) is 3.92. The average molecular weight is 376 g/mol. The van der Waals surface area contributed by atoms with Gasteiger partial charge in [-0.05, 0) is 48.7 Å². The summed E-state index contributed by atoms with van der Waals surface area (Å²) in [4.78, 5) is 11.0. The van der Waals surface area contributed by atoms with E-state index in [0.717, 1.165) is 17.7 Å². The topological polar surface area (TPSA) is 95.5 Å². The number of aromatic carboxylic acids is 1. The highest BCUT2D eigenvalue weighted by Gasteiger charge is 2.14. The normalized spacial score (nSPS) is 12.5. The molecule has 0 aliphatic rings. The number of carboxylic acid groups (broad SMARTS) is 1. The molecule has 26 heavy (non-hydrogen) atoms. The van der Waals surface area contributed by atoms with E-state index < -0.39 is 16.0 Å². The minimum Gasteiger partial charge on any atom is -0.478 e. The number of benzene rings is 2. The van der Waals surface area contributed by atoms with Crippen molar-refractivity contribution in [2.24, 2.45) is 0 Å². The molecule has 7 heteroatoms. The van der Waals surface area contributed by atoms with Crippen LogP contribution in [0.15, 0.2) is 48.5 Å². The summed E-state index contributed by atoms with van der Waals surface area (Å²) in [6.45, 7) is 4.21. The fraction of sp³-hybridized carbons (Fsp3) is 0.316. The predicted octanol–water partition coefficient (Wildman–Crippen LogP) is 3.21. The molecule has 3 N–H and O–H groups in total. The second-order valence-corrected chi connectivity index (χ2v) is 8.00. The Hall–Kier alpha value is -2.38. The first-order valence-corrected chi connectivity index (χ1v) is 10.1. The molecule has 140 valence electrons. The second kappa shape index (κ2) is 8.82. The molecule has 1 atom stereocenters. The van der Waals surface area contributed by atoms with Gasteiger partial charge < -0.3 is 10.4 Å². The van der Waals surface area contributed by atoms with Gasteiger partial charge in [-0.1, -0.05) is 31.2 Å². The van der Waals surface area contributed by atoms with Crippen LogP contribution in [0.2, 0.25) is 0 Å². The van der Waals surface area contributed by atoms with Crippen molar-refractivity contribution in [3.05, 3.63) is 65.2 Å². The van der Waals surface area contributed by atoms with Gasteiger partial charge in [0.15, 0.2) is 0 Å². The van der Waals surface area contributed by atoms with Crippen LogP contribution in [0.5, 0.6) is 0 Å². The molecular formula is C19H24N2O4S. The van der Waals surface area contributed by atoms with Crippen LogP contribution in [0.25, 0.3) is 0 Å². The van der Waals surface area contributed by atoms with Gasteiger partial charge in [-0.3, -0.25) is 0 Å². The van der Waals surface area contributed by atoms with Gasteiger partial charge in [0, 0.05) is 18.3 Å². The van der Waals surface area contributed by atoms with Crippen LogP contribution in [0.3, 0.4) is 0 Å². The van der Waals surface area contributed by atoms with Crippen LogP contribution in [-0.4, -0.2) is 25.5 Å². The molecule has 0 saturated carbocycles. The van der Waals surface area contributed by atoms with E-state index in [1.54, 1.807) is 36.4 Å². The van der Waals surface area contributed by atoms with E-state index in [9.17, 15) is 13.2 Å². The zero-order valence-electron chi connectivity index (χ0n) is 14.9. The Kier molecular flexibility index (Phi) is 6.76. The van der Waals surface area contributed by atoms with Gasteiger partial charge in [-0.2, -0.15) is 0 Å². The summed E-state index contributed by atoms with van der Waals surface area (Å²) < 4.78 is 27.0. The van der Waals surface area contributed by atoms with E-state index in [1.807, 2.05) is 26.0 Å². The molecule has 0 aliphatic carbocycles. The Balaban J connectivity index is 2.03. The molecule has 0 bridgehead atoms. The minimum atomic E-state index is -3.39. The largest absolute Gasteiger partial charge is 0.478 e. The predicted molar refractivity (Wildman–Crippen MR) is 103 cm³/mol. The van der Waals surface area contributed by atoms with Crippen LogP contribution >= 0.6 is 0 Å². The van der Waals surface area contributed by atoms with E-state index in [0.29, 0.717) is 12.1 Å². The molecule has 0 aliphatic heterocycles. The van der Waals surface area contributed by atoms with Crippen LogP contribution in [-0.2, 0) is 22.3 Å². The number of carboxylic acids is 1. The Labute approximate surface area is 154 Å². The lowest BCUT2D eigenvalue weighted by atomic mass is 10.1. The number of carbonyl (C=O) groups is 1. The molecule has 2 aromatic carbocycles. The number of sulfonamides is 1. The maximum Gasteiger partial charge on any atom is 0.335 e. The standard InChI is InChI=1S/C19H24N2O4S/c1-3-14(2)21-26(24,25)13-16-7-5-9-18(11-16)20-12-15-6-4-8-17(10-15)19(22)23/h4-11,14,20-21H,3,12-13H2,1-2H3,(H,22,23). The van der Waals surface area contributed by atoms with Crippen LogP contribution < -0.4 is 10.0 Å². The SMILES string of the molecule is CCC(C)NS(=O)(=O)Cc1cccc(NCc2cccc(C(=O)O)c2)c1. The Bertz CT molecular complexity index is 865. The summed E-state index contributed by atoms with van der Waals surface area (Å²) >= 11 is 0. The second-order valence-electron chi connectivity index (χ2n) is 6.25. The lowest BCUT2D eigenvalue weighted by Gasteiger charge is -2.13. The lowest BCUT2D eigenvalue weighted by Crippen LogP contribution is -2.32. The smallest absolute Gasteiger partial charge is 0.335 e. The molecule has 1 unspecified atom stereocenters.